The number of hydrogen-bond donors (Lipinski definition) is 5. The third-order valence-electron chi connectivity index (χ3n) is 8.70. The van der Waals surface area contributed by atoms with Crippen LogP contribution in [0.4, 0.5) is 0 Å². The summed E-state index contributed by atoms with van der Waals surface area (Å²) < 4.78 is 18.3. The van der Waals surface area contributed by atoms with E-state index in [0.717, 1.165) is 31.4 Å². The molecule has 1 saturated carbocycles. The van der Waals surface area contributed by atoms with E-state index in [1.54, 1.807) is 6.07 Å². The molecule has 6 rings (SSSR count). The second kappa shape index (κ2) is 7.27. The number of nitrogens with zero attached hydrogens (tertiary/aromatic N) is 1. The molecule has 2 aliphatic carbocycles. The van der Waals surface area contributed by atoms with Crippen molar-refractivity contribution in [3.63, 3.8) is 0 Å². The molecule has 1 aromatic carbocycles. The van der Waals surface area contributed by atoms with Crippen molar-refractivity contribution >= 4 is 0 Å². The minimum atomic E-state index is -1.49. The number of likely N-dealkylation sites (N-methyl/N-ethyl adjacent to an activating group) is 1. The molecule has 0 amide bonds. The summed E-state index contributed by atoms with van der Waals surface area (Å²) >= 11 is 0. The third-order valence-corrected chi connectivity index (χ3v) is 8.70. The van der Waals surface area contributed by atoms with Gasteiger partial charge in [-0.2, -0.15) is 0 Å². The Morgan fingerprint density at radius 2 is 1.97 bits per heavy atom. The van der Waals surface area contributed by atoms with Gasteiger partial charge in [0.2, 0.25) is 0 Å². The fourth-order valence-corrected chi connectivity index (χ4v) is 7.18. The molecule has 10 atom stereocenters. The van der Waals surface area contributed by atoms with Crippen LogP contribution in [0, 0.1) is 5.92 Å². The molecule has 1 unspecified atom stereocenters. The highest BCUT2D eigenvalue weighted by atomic mass is 16.7. The number of aromatic hydroxyl groups is 1. The lowest BCUT2D eigenvalue weighted by Gasteiger charge is -2.59. The number of piperidine rings is 1. The Morgan fingerprint density at radius 3 is 2.75 bits per heavy atom. The maximum absolute atomic E-state index is 10.6. The maximum Gasteiger partial charge on any atom is 0.187 e. The van der Waals surface area contributed by atoms with E-state index >= 15 is 0 Å². The Bertz CT molecular complexity index is 910. The summed E-state index contributed by atoms with van der Waals surface area (Å²) in [6.07, 6.45) is -3.97. The van der Waals surface area contributed by atoms with E-state index in [0.29, 0.717) is 24.1 Å². The molecule has 3 aliphatic heterocycles. The van der Waals surface area contributed by atoms with Gasteiger partial charge in [-0.05, 0) is 56.8 Å². The lowest BCUT2D eigenvalue weighted by atomic mass is 9.51. The van der Waals surface area contributed by atoms with Crippen molar-refractivity contribution in [3.05, 3.63) is 23.3 Å². The molecule has 3 fully saturated rings. The Balaban J connectivity index is 1.36. The first-order valence-corrected chi connectivity index (χ1v) is 11.5. The number of phenols is 1. The second-order valence-corrected chi connectivity index (χ2v) is 10.1. The van der Waals surface area contributed by atoms with Gasteiger partial charge in [-0.1, -0.05) is 6.07 Å². The van der Waals surface area contributed by atoms with Crippen LogP contribution in [0.1, 0.15) is 30.4 Å². The summed E-state index contributed by atoms with van der Waals surface area (Å²) in [5.41, 5.74) is 2.04. The first kappa shape index (κ1) is 21.1. The zero-order valence-corrected chi connectivity index (χ0v) is 18.0. The summed E-state index contributed by atoms with van der Waals surface area (Å²) in [4.78, 5) is 2.43. The fourth-order valence-electron chi connectivity index (χ4n) is 7.18. The Morgan fingerprint density at radius 1 is 1.16 bits per heavy atom. The molecule has 176 valence electrons. The van der Waals surface area contributed by atoms with Crippen molar-refractivity contribution < 1.29 is 39.7 Å². The van der Waals surface area contributed by atoms with Crippen LogP contribution in [-0.4, -0.2) is 99.6 Å². The van der Waals surface area contributed by atoms with Crippen molar-refractivity contribution in [1.82, 2.24) is 4.90 Å². The minimum Gasteiger partial charge on any atom is -0.504 e. The molecular formula is C23H31NO8. The van der Waals surface area contributed by atoms with Gasteiger partial charge in [-0.3, -0.25) is 0 Å². The van der Waals surface area contributed by atoms with Gasteiger partial charge >= 0.3 is 0 Å². The largest absolute Gasteiger partial charge is 0.504 e. The summed E-state index contributed by atoms with van der Waals surface area (Å²) in [5, 5.41) is 50.9. The lowest BCUT2D eigenvalue weighted by molar-refractivity contribution is -0.321. The molecule has 9 nitrogen and oxygen atoms in total. The average molecular weight is 450 g/mol. The predicted molar refractivity (Wildman–Crippen MR) is 110 cm³/mol. The molecule has 2 bridgehead atoms. The van der Waals surface area contributed by atoms with Crippen molar-refractivity contribution in [2.75, 3.05) is 20.2 Å². The predicted octanol–water partition coefficient (Wildman–Crippen LogP) is -0.754. The molecular weight excluding hydrogens is 418 g/mol. The van der Waals surface area contributed by atoms with E-state index in [1.807, 2.05) is 6.07 Å². The number of benzene rings is 1. The number of ether oxygens (including phenoxy) is 3. The molecule has 0 aromatic heterocycles. The molecule has 2 saturated heterocycles. The Labute approximate surface area is 186 Å². The second-order valence-electron chi connectivity index (χ2n) is 10.1. The van der Waals surface area contributed by atoms with Gasteiger partial charge < -0.3 is 44.6 Å². The zero-order valence-electron chi connectivity index (χ0n) is 18.0. The molecule has 5 N–H and O–H groups in total. The quantitative estimate of drug-likeness (QED) is 0.404. The molecule has 0 radical (unpaired) electrons. The first-order valence-electron chi connectivity index (χ1n) is 11.5. The Hall–Kier alpha value is -1.46. The highest BCUT2D eigenvalue weighted by Gasteiger charge is 2.66. The van der Waals surface area contributed by atoms with Crippen LogP contribution >= 0.6 is 0 Å². The molecule has 32 heavy (non-hydrogen) atoms. The standard InChI is InChI=1S/C23H31NO8/c1-24-7-6-23-11-3-5-14(30-22-19(29)18(28)17(27)15(9-25)31-22)21(23)32-20-13(26)4-2-10(16(20)23)8-12(11)24/h2,4,11-12,14-15,17-19,21-22,25-29H,3,5-9H2,1H3/t11-,12+,14-,15+,17+,18-,19+,21-,22?,23-/m0/s1. The maximum atomic E-state index is 10.6. The van der Waals surface area contributed by atoms with Gasteiger partial charge in [-0.25, -0.2) is 0 Å². The summed E-state index contributed by atoms with van der Waals surface area (Å²) in [7, 11) is 2.17. The SMILES string of the molecule is CN1CC[C@]23c4c5ccc(O)c4O[C@H]2[C@@H](OC2O[C@H](CO)[C@@H](O)[C@H](O)[C@H]2O)CC[C@H]3[C@H]1C5. The van der Waals surface area contributed by atoms with E-state index in [-0.39, 0.29) is 17.3 Å². The summed E-state index contributed by atoms with van der Waals surface area (Å²) in [5.74, 6) is 1.05. The van der Waals surface area contributed by atoms with E-state index in [2.05, 4.69) is 11.9 Å². The normalized spacial score (nSPS) is 47.1. The van der Waals surface area contributed by atoms with Gasteiger partial charge in [0.1, 0.15) is 30.5 Å². The number of rotatable bonds is 3. The van der Waals surface area contributed by atoms with E-state index in [1.165, 1.54) is 5.56 Å². The molecule has 5 aliphatic rings. The van der Waals surface area contributed by atoms with Crippen LogP contribution in [0.5, 0.6) is 11.5 Å². The van der Waals surface area contributed by atoms with E-state index in [4.69, 9.17) is 14.2 Å². The average Bonchev–Trinajstić information content (AvgIpc) is 3.14. The van der Waals surface area contributed by atoms with E-state index in [9.17, 15) is 25.5 Å². The van der Waals surface area contributed by atoms with Crippen molar-refractivity contribution in [2.24, 2.45) is 5.92 Å². The number of aliphatic hydroxyl groups excluding tert-OH is 4. The van der Waals surface area contributed by atoms with Crippen molar-refractivity contribution in [2.45, 2.75) is 80.1 Å². The van der Waals surface area contributed by atoms with Crippen LogP contribution in [0.3, 0.4) is 0 Å². The van der Waals surface area contributed by atoms with Gasteiger partial charge in [0.25, 0.3) is 0 Å². The van der Waals surface area contributed by atoms with Crippen LogP contribution in [-0.2, 0) is 21.3 Å². The Kier molecular flexibility index (Phi) is 4.79. The number of likely N-dealkylation sites (tertiary alicyclic amines) is 1. The lowest BCUT2D eigenvalue weighted by Crippen LogP contribution is -2.67. The van der Waals surface area contributed by atoms with Gasteiger partial charge in [0.15, 0.2) is 17.8 Å². The molecule has 3 heterocycles. The van der Waals surface area contributed by atoms with Gasteiger partial charge in [0, 0.05) is 17.0 Å². The highest BCUT2D eigenvalue weighted by Crippen LogP contribution is 2.64. The van der Waals surface area contributed by atoms with E-state index < -0.39 is 43.4 Å². The highest BCUT2D eigenvalue weighted by molar-refractivity contribution is 5.60. The van der Waals surface area contributed by atoms with Gasteiger partial charge in [0.05, 0.1) is 12.7 Å². The first-order chi connectivity index (χ1) is 15.4. The van der Waals surface area contributed by atoms with Gasteiger partial charge in [-0.15, -0.1) is 0 Å². The van der Waals surface area contributed by atoms with Crippen LogP contribution in [0.25, 0.3) is 0 Å². The minimum absolute atomic E-state index is 0.134. The number of aliphatic hydroxyl groups is 4. The molecule has 1 spiro atoms. The fraction of sp³-hybridized carbons (Fsp3) is 0.739. The smallest absolute Gasteiger partial charge is 0.187 e. The topological polar surface area (TPSA) is 132 Å². The number of phenolic OH excluding ortho intramolecular Hbond substituents is 1. The van der Waals surface area contributed by atoms with Crippen LogP contribution < -0.4 is 4.74 Å². The van der Waals surface area contributed by atoms with Crippen molar-refractivity contribution in [3.8, 4) is 11.5 Å². The summed E-state index contributed by atoms with van der Waals surface area (Å²) in [6.45, 7) is 0.417. The number of hydrogen-bond acceptors (Lipinski definition) is 9. The van der Waals surface area contributed by atoms with Crippen molar-refractivity contribution in [1.29, 1.82) is 0 Å². The molecule has 1 aromatic rings. The third kappa shape index (κ3) is 2.64. The van der Waals surface area contributed by atoms with Crippen LogP contribution in [0.15, 0.2) is 12.1 Å². The van der Waals surface area contributed by atoms with Crippen LogP contribution in [0.2, 0.25) is 0 Å². The monoisotopic (exact) mass is 449 g/mol. The zero-order chi connectivity index (χ0) is 22.4. The molecule has 9 heteroatoms. The summed E-state index contributed by atoms with van der Waals surface area (Å²) in [6, 6.07) is 4.10.